The zero-order valence-corrected chi connectivity index (χ0v) is 11.2. The minimum atomic E-state index is -3.84. The van der Waals surface area contributed by atoms with Crippen molar-refractivity contribution >= 4 is 33.2 Å². The van der Waals surface area contributed by atoms with Gasteiger partial charge < -0.3 is 4.74 Å². The number of nitrogens with two attached hydrogens (primary N) is 1. The van der Waals surface area contributed by atoms with Crippen LogP contribution >= 0.6 is 23.2 Å². The number of benzene rings is 1. The first-order valence-corrected chi connectivity index (χ1v) is 6.70. The first-order chi connectivity index (χ1) is 7.86. The summed E-state index contributed by atoms with van der Waals surface area (Å²) >= 11 is 11.7. The molecule has 0 heterocycles. The Balaban J connectivity index is 3.14. The second-order valence-electron chi connectivity index (χ2n) is 2.98. The van der Waals surface area contributed by atoms with Gasteiger partial charge in [-0.3, -0.25) is 0 Å². The Labute approximate surface area is 110 Å². The predicted molar refractivity (Wildman–Crippen MR) is 66.8 cm³/mol. The van der Waals surface area contributed by atoms with Crippen LogP contribution in [-0.4, -0.2) is 15.0 Å². The highest BCUT2D eigenvalue weighted by Gasteiger charge is 2.15. The topological polar surface area (TPSA) is 69.4 Å². The smallest absolute Gasteiger partial charge is 0.238 e. The van der Waals surface area contributed by atoms with Crippen LogP contribution in [0.15, 0.2) is 17.0 Å². The maximum atomic E-state index is 11.1. The number of ether oxygens (including phenoxy) is 1. The summed E-state index contributed by atoms with van der Waals surface area (Å²) in [6.45, 7) is 1.78. The molecule has 0 aliphatic carbocycles. The van der Waals surface area contributed by atoms with E-state index < -0.39 is 10.0 Å². The normalized spacial score (nSPS) is 10.6. The highest BCUT2D eigenvalue weighted by Crippen LogP contribution is 2.35. The quantitative estimate of drug-likeness (QED) is 0.867. The molecule has 2 N–H and O–H groups in total. The van der Waals surface area contributed by atoms with Crippen LogP contribution in [0.25, 0.3) is 0 Å². The van der Waals surface area contributed by atoms with Crippen molar-refractivity contribution < 1.29 is 13.2 Å². The van der Waals surface area contributed by atoms with Crippen molar-refractivity contribution in [1.29, 1.82) is 0 Å². The Morgan fingerprint density at radius 3 is 2.29 bits per heavy atom. The summed E-state index contributed by atoms with van der Waals surface area (Å²) in [7, 11) is -3.84. The summed E-state index contributed by atoms with van der Waals surface area (Å²) in [5, 5.41) is 5.10. The molecule has 0 bridgehead atoms. The lowest BCUT2D eigenvalue weighted by Crippen LogP contribution is -2.12. The van der Waals surface area contributed by atoms with Gasteiger partial charge in [-0.2, -0.15) is 0 Å². The fourth-order valence-electron chi connectivity index (χ4n) is 1.02. The van der Waals surface area contributed by atoms with Gasteiger partial charge in [0.25, 0.3) is 0 Å². The fourth-order valence-corrected chi connectivity index (χ4v) is 2.31. The average molecular weight is 294 g/mol. The molecule has 0 unspecified atom stereocenters. The van der Waals surface area contributed by atoms with E-state index >= 15 is 0 Å². The van der Waals surface area contributed by atoms with E-state index in [4.69, 9.17) is 33.1 Å². The molecule has 1 rings (SSSR count). The third-order valence-electron chi connectivity index (χ3n) is 1.77. The van der Waals surface area contributed by atoms with Crippen molar-refractivity contribution in [3.63, 3.8) is 0 Å². The lowest BCUT2D eigenvalue weighted by atomic mass is 10.3. The standard InChI is InChI=1S/C10H9Cl2NO3S/c1-2-3-4-16-10-8(11)5-7(6-9(10)12)17(13,14)15/h5-6H,4H2,1H3,(H2,13,14,15). The molecular formula is C10H9Cl2NO3S. The molecule has 0 aliphatic heterocycles. The molecule has 0 aliphatic rings. The van der Waals surface area contributed by atoms with Crippen molar-refractivity contribution in [2.45, 2.75) is 11.8 Å². The first-order valence-electron chi connectivity index (χ1n) is 4.40. The second-order valence-corrected chi connectivity index (χ2v) is 5.35. The highest BCUT2D eigenvalue weighted by molar-refractivity contribution is 7.89. The Morgan fingerprint density at radius 2 is 1.88 bits per heavy atom. The lowest BCUT2D eigenvalue weighted by molar-refractivity contribution is 0.370. The molecule has 17 heavy (non-hydrogen) atoms. The van der Waals surface area contributed by atoms with Crippen LogP contribution in [0.5, 0.6) is 5.75 Å². The Bertz CT molecular complexity index is 564. The SMILES string of the molecule is CC#CCOc1c(Cl)cc(S(N)(=O)=O)cc1Cl. The number of halogens is 2. The molecule has 1 aromatic carbocycles. The van der Waals surface area contributed by atoms with E-state index in [1.807, 2.05) is 0 Å². The van der Waals surface area contributed by atoms with Crippen molar-refractivity contribution in [1.82, 2.24) is 0 Å². The summed E-state index contributed by atoms with van der Waals surface area (Å²) < 4.78 is 27.4. The molecule has 92 valence electrons. The van der Waals surface area contributed by atoms with E-state index in [2.05, 4.69) is 11.8 Å². The van der Waals surface area contributed by atoms with Crippen LogP contribution in [0.2, 0.25) is 10.0 Å². The van der Waals surface area contributed by atoms with Gasteiger partial charge >= 0.3 is 0 Å². The van der Waals surface area contributed by atoms with Gasteiger partial charge in [-0.25, -0.2) is 13.6 Å². The largest absolute Gasteiger partial charge is 0.478 e. The summed E-state index contributed by atoms with van der Waals surface area (Å²) in [4.78, 5) is -0.165. The molecule has 4 nitrogen and oxygen atoms in total. The van der Waals surface area contributed by atoms with Crippen molar-refractivity contribution in [3.8, 4) is 17.6 Å². The van der Waals surface area contributed by atoms with E-state index in [0.29, 0.717) is 0 Å². The number of sulfonamides is 1. The number of hydrogen-bond acceptors (Lipinski definition) is 3. The summed E-state index contributed by atoms with van der Waals surface area (Å²) in [5.41, 5.74) is 0. The molecule has 0 fully saturated rings. The second kappa shape index (κ2) is 5.61. The Hall–Kier alpha value is -0.930. The van der Waals surface area contributed by atoms with Crippen molar-refractivity contribution in [2.24, 2.45) is 5.14 Å². The van der Waals surface area contributed by atoms with E-state index in [-0.39, 0.29) is 27.3 Å². The van der Waals surface area contributed by atoms with Gasteiger partial charge in [0.2, 0.25) is 10.0 Å². The number of primary sulfonamides is 1. The van der Waals surface area contributed by atoms with Gasteiger partial charge in [0.05, 0.1) is 14.9 Å². The highest BCUT2D eigenvalue weighted by atomic mass is 35.5. The third-order valence-corrected chi connectivity index (χ3v) is 3.22. The van der Waals surface area contributed by atoms with Crippen molar-refractivity contribution in [3.05, 3.63) is 22.2 Å². The van der Waals surface area contributed by atoms with Crippen LogP contribution in [0.3, 0.4) is 0 Å². The van der Waals surface area contributed by atoms with Gasteiger partial charge in [-0.05, 0) is 19.1 Å². The molecule has 0 aromatic heterocycles. The van der Waals surface area contributed by atoms with Crippen LogP contribution in [0.4, 0.5) is 0 Å². The third kappa shape index (κ3) is 3.79. The van der Waals surface area contributed by atoms with Crippen LogP contribution < -0.4 is 9.88 Å². The predicted octanol–water partition coefficient (Wildman–Crippen LogP) is 2.04. The monoisotopic (exact) mass is 293 g/mol. The fraction of sp³-hybridized carbons (Fsp3) is 0.200. The molecule has 0 saturated carbocycles. The molecule has 7 heteroatoms. The molecule has 0 saturated heterocycles. The summed E-state index contributed by atoms with van der Waals surface area (Å²) in [5.74, 6) is 5.48. The molecule has 1 aromatic rings. The number of rotatable bonds is 3. The molecule has 0 spiro atoms. The summed E-state index contributed by atoms with van der Waals surface area (Å²) in [6.07, 6.45) is 0. The van der Waals surface area contributed by atoms with Crippen LogP contribution in [0, 0.1) is 11.8 Å². The van der Waals surface area contributed by atoms with Gasteiger partial charge in [-0.15, -0.1) is 5.92 Å². The minimum absolute atomic E-state index is 0.0689. The van der Waals surface area contributed by atoms with E-state index in [9.17, 15) is 8.42 Å². The molecular weight excluding hydrogens is 285 g/mol. The Morgan fingerprint density at radius 1 is 1.35 bits per heavy atom. The first kappa shape index (κ1) is 14.1. The zero-order chi connectivity index (χ0) is 13.1. The van der Waals surface area contributed by atoms with Gasteiger partial charge in [0, 0.05) is 0 Å². The van der Waals surface area contributed by atoms with Gasteiger partial charge in [0.1, 0.15) is 6.61 Å². The van der Waals surface area contributed by atoms with Gasteiger partial charge in [0.15, 0.2) is 5.75 Å². The molecule has 0 atom stereocenters. The lowest BCUT2D eigenvalue weighted by Gasteiger charge is -2.08. The van der Waals surface area contributed by atoms with E-state index in [0.717, 1.165) is 0 Å². The zero-order valence-electron chi connectivity index (χ0n) is 8.83. The van der Waals surface area contributed by atoms with Crippen LogP contribution in [-0.2, 0) is 10.0 Å². The average Bonchev–Trinajstić information content (AvgIpc) is 2.20. The van der Waals surface area contributed by atoms with E-state index in [1.165, 1.54) is 12.1 Å². The maximum Gasteiger partial charge on any atom is 0.238 e. The maximum absolute atomic E-state index is 11.1. The van der Waals surface area contributed by atoms with E-state index in [1.54, 1.807) is 6.92 Å². The van der Waals surface area contributed by atoms with Crippen molar-refractivity contribution in [2.75, 3.05) is 6.61 Å². The van der Waals surface area contributed by atoms with Crippen LogP contribution in [0.1, 0.15) is 6.92 Å². The Kier molecular flexibility index (Phi) is 4.66. The summed E-state index contributed by atoms with van der Waals surface area (Å²) in [6, 6.07) is 2.36. The molecule has 0 amide bonds. The number of hydrogen-bond donors (Lipinski definition) is 1. The van der Waals surface area contributed by atoms with Gasteiger partial charge in [-0.1, -0.05) is 29.1 Å². The molecule has 0 radical (unpaired) electrons. The minimum Gasteiger partial charge on any atom is -0.478 e.